The molecule has 0 bridgehead atoms. The lowest BCUT2D eigenvalue weighted by Gasteiger charge is -2.38. The van der Waals surface area contributed by atoms with Crippen LogP contribution in [0.1, 0.15) is 66.2 Å². The van der Waals surface area contributed by atoms with Gasteiger partial charge in [-0.2, -0.15) is 0 Å². The van der Waals surface area contributed by atoms with Crippen molar-refractivity contribution in [2.75, 3.05) is 20.1 Å². The molecule has 0 N–H and O–H groups in total. The first kappa shape index (κ1) is 16.7. The van der Waals surface area contributed by atoms with Crippen LogP contribution in [0.4, 0.5) is 0 Å². The maximum absolute atomic E-state index is 12.1. The van der Waals surface area contributed by atoms with E-state index in [2.05, 4.69) is 39.6 Å². The Hall–Kier alpha value is -0.370. The standard InChI is InChI=1S/C17H33NO/c1-6-7-8-11-18(5)13-14-12-15(17(2,3)4)9-10-16(14)19/h14-15H,6-13H2,1-5H3. The van der Waals surface area contributed by atoms with Gasteiger partial charge in [0.25, 0.3) is 0 Å². The topological polar surface area (TPSA) is 20.3 Å². The summed E-state index contributed by atoms with van der Waals surface area (Å²) in [6.45, 7) is 11.3. The summed E-state index contributed by atoms with van der Waals surface area (Å²) < 4.78 is 0. The van der Waals surface area contributed by atoms with Gasteiger partial charge in [0.05, 0.1) is 0 Å². The van der Waals surface area contributed by atoms with Gasteiger partial charge in [0.2, 0.25) is 0 Å². The van der Waals surface area contributed by atoms with Gasteiger partial charge in [0, 0.05) is 18.9 Å². The molecule has 1 saturated carbocycles. The van der Waals surface area contributed by atoms with Gasteiger partial charge < -0.3 is 4.90 Å². The van der Waals surface area contributed by atoms with Gasteiger partial charge in [-0.3, -0.25) is 4.79 Å². The third-order valence-electron chi connectivity index (χ3n) is 4.66. The molecule has 0 aromatic rings. The van der Waals surface area contributed by atoms with Crippen LogP contribution in [0.5, 0.6) is 0 Å². The van der Waals surface area contributed by atoms with Gasteiger partial charge in [-0.25, -0.2) is 0 Å². The van der Waals surface area contributed by atoms with Crippen LogP contribution in [0.2, 0.25) is 0 Å². The molecule has 1 aliphatic rings. The van der Waals surface area contributed by atoms with Gasteiger partial charge in [-0.15, -0.1) is 0 Å². The summed E-state index contributed by atoms with van der Waals surface area (Å²) in [7, 11) is 2.17. The van der Waals surface area contributed by atoms with Crippen LogP contribution in [0.25, 0.3) is 0 Å². The van der Waals surface area contributed by atoms with Crippen molar-refractivity contribution in [2.24, 2.45) is 17.3 Å². The molecule has 1 rings (SSSR count). The molecule has 0 radical (unpaired) electrons. The van der Waals surface area contributed by atoms with Crippen molar-refractivity contribution in [2.45, 2.75) is 66.2 Å². The van der Waals surface area contributed by atoms with Crippen molar-refractivity contribution in [1.82, 2.24) is 4.90 Å². The van der Waals surface area contributed by atoms with E-state index in [1.54, 1.807) is 0 Å². The zero-order valence-corrected chi connectivity index (χ0v) is 13.7. The van der Waals surface area contributed by atoms with Gasteiger partial charge in [-0.1, -0.05) is 40.5 Å². The highest BCUT2D eigenvalue weighted by atomic mass is 16.1. The fourth-order valence-corrected chi connectivity index (χ4v) is 3.18. The molecular formula is C17H33NO. The molecule has 0 aromatic carbocycles. The number of unbranched alkanes of at least 4 members (excludes halogenated alkanes) is 2. The number of hydrogen-bond donors (Lipinski definition) is 0. The van der Waals surface area contributed by atoms with Crippen LogP contribution in [0.15, 0.2) is 0 Å². The van der Waals surface area contributed by atoms with Crippen LogP contribution >= 0.6 is 0 Å². The number of Topliss-reactive ketones (excluding diaryl/α,β-unsaturated/α-hetero) is 1. The van der Waals surface area contributed by atoms with Crippen molar-refractivity contribution in [3.63, 3.8) is 0 Å². The third-order valence-corrected chi connectivity index (χ3v) is 4.66. The van der Waals surface area contributed by atoms with Gasteiger partial charge in [0.15, 0.2) is 0 Å². The first-order valence-corrected chi connectivity index (χ1v) is 8.05. The second kappa shape index (κ2) is 7.42. The van der Waals surface area contributed by atoms with Crippen LogP contribution in [0, 0.1) is 17.3 Å². The first-order valence-electron chi connectivity index (χ1n) is 8.05. The summed E-state index contributed by atoms with van der Waals surface area (Å²) in [6, 6.07) is 0. The predicted octanol–water partition coefficient (Wildman–Crippen LogP) is 4.14. The van der Waals surface area contributed by atoms with Crippen molar-refractivity contribution in [1.29, 1.82) is 0 Å². The van der Waals surface area contributed by atoms with E-state index in [-0.39, 0.29) is 5.92 Å². The fourth-order valence-electron chi connectivity index (χ4n) is 3.18. The Kier molecular flexibility index (Phi) is 6.52. The largest absolute Gasteiger partial charge is 0.306 e. The third kappa shape index (κ3) is 5.64. The first-order chi connectivity index (χ1) is 8.84. The summed E-state index contributed by atoms with van der Waals surface area (Å²) in [4.78, 5) is 14.5. The monoisotopic (exact) mass is 267 g/mol. The Balaban J connectivity index is 2.44. The highest BCUT2D eigenvalue weighted by Gasteiger charge is 2.35. The zero-order chi connectivity index (χ0) is 14.5. The maximum Gasteiger partial charge on any atom is 0.137 e. The lowest BCUT2D eigenvalue weighted by Crippen LogP contribution is -2.38. The Labute approximate surface area is 119 Å². The molecule has 2 heteroatoms. The molecule has 2 atom stereocenters. The van der Waals surface area contributed by atoms with E-state index in [1.807, 2.05) is 0 Å². The SMILES string of the molecule is CCCCCN(C)CC1CC(C(C)(C)C)CCC1=O. The molecule has 0 amide bonds. The Morgan fingerprint density at radius 1 is 1.26 bits per heavy atom. The van der Waals surface area contributed by atoms with E-state index in [1.165, 1.54) is 19.3 Å². The number of nitrogens with zero attached hydrogens (tertiary/aromatic N) is 1. The average molecular weight is 267 g/mol. The second-order valence-electron chi connectivity index (χ2n) is 7.47. The molecule has 112 valence electrons. The van der Waals surface area contributed by atoms with Crippen molar-refractivity contribution in [3.8, 4) is 0 Å². The molecule has 0 saturated heterocycles. The van der Waals surface area contributed by atoms with Crippen molar-refractivity contribution >= 4 is 5.78 Å². The summed E-state index contributed by atoms with van der Waals surface area (Å²) in [5.74, 6) is 1.49. The summed E-state index contributed by atoms with van der Waals surface area (Å²) in [5.41, 5.74) is 0.347. The molecule has 2 unspecified atom stereocenters. The average Bonchev–Trinajstić information content (AvgIpc) is 2.31. The van der Waals surface area contributed by atoms with E-state index in [4.69, 9.17) is 0 Å². The van der Waals surface area contributed by atoms with Gasteiger partial charge in [-0.05, 0) is 44.2 Å². The summed E-state index contributed by atoms with van der Waals surface area (Å²) >= 11 is 0. The minimum atomic E-state index is 0.282. The minimum Gasteiger partial charge on any atom is -0.306 e. The number of hydrogen-bond acceptors (Lipinski definition) is 2. The van der Waals surface area contributed by atoms with E-state index < -0.39 is 0 Å². The summed E-state index contributed by atoms with van der Waals surface area (Å²) in [6.07, 6.45) is 6.82. The van der Waals surface area contributed by atoms with Crippen LogP contribution in [-0.2, 0) is 4.79 Å². The molecule has 0 heterocycles. The fraction of sp³-hybridized carbons (Fsp3) is 0.941. The molecule has 2 nitrogen and oxygen atoms in total. The van der Waals surface area contributed by atoms with E-state index in [9.17, 15) is 4.79 Å². The maximum atomic E-state index is 12.1. The predicted molar refractivity (Wildman–Crippen MR) is 82.3 cm³/mol. The quantitative estimate of drug-likeness (QED) is 0.674. The zero-order valence-electron chi connectivity index (χ0n) is 13.7. The second-order valence-corrected chi connectivity index (χ2v) is 7.47. The molecule has 1 aliphatic carbocycles. The van der Waals surface area contributed by atoms with Crippen LogP contribution in [-0.4, -0.2) is 30.8 Å². The normalized spacial score (nSPS) is 25.1. The molecule has 0 aliphatic heterocycles. The van der Waals surface area contributed by atoms with E-state index in [0.29, 0.717) is 17.1 Å². The highest BCUT2D eigenvalue weighted by molar-refractivity contribution is 5.82. The van der Waals surface area contributed by atoms with Gasteiger partial charge >= 0.3 is 0 Å². The van der Waals surface area contributed by atoms with Crippen molar-refractivity contribution < 1.29 is 4.79 Å². The molecule has 0 aromatic heterocycles. The lowest BCUT2D eigenvalue weighted by atomic mass is 9.68. The van der Waals surface area contributed by atoms with Gasteiger partial charge in [0.1, 0.15) is 5.78 Å². The number of carbonyl (C=O) groups excluding carboxylic acids is 1. The molecule has 0 spiro atoms. The lowest BCUT2D eigenvalue weighted by molar-refractivity contribution is -0.127. The summed E-state index contributed by atoms with van der Waals surface area (Å²) in [5, 5.41) is 0. The van der Waals surface area contributed by atoms with E-state index in [0.717, 1.165) is 32.4 Å². The Morgan fingerprint density at radius 2 is 1.95 bits per heavy atom. The number of carbonyl (C=O) groups is 1. The highest BCUT2D eigenvalue weighted by Crippen LogP contribution is 2.39. The molecule has 19 heavy (non-hydrogen) atoms. The number of rotatable bonds is 6. The molecule has 1 fully saturated rings. The van der Waals surface area contributed by atoms with Crippen LogP contribution < -0.4 is 0 Å². The number of ketones is 1. The van der Waals surface area contributed by atoms with Crippen molar-refractivity contribution in [3.05, 3.63) is 0 Å². The smallest absolute Gasteiger partial charge is 0.137 e. The Bertz CT molecular complexity index is 279. The minimum absolute atomic E-state index is 0.282. The van der Waals surface area contributed by atoms with E-state index >= 15 is 0 Å². The molecular weight excluding hydrogens is 234 g/mol. The van der Waals surface area contributed by atoms with Crippen LogP contribution in [0.3, 0.4) is 0 Å². The Morgan fingerprint density at radius 3 is 2.53 bits per heavy atom.